The second kappa shape index (κ2) is 5.27. The van der Waals surface area contributed by atoms with Crippen LogP contribution in [-0.2, 0) is 16.1 Å². The Balaban J connectivity index is 2.48. The highest BCUT2D eigenvalue weighted by molar-refractivity contribution is 9.10. The molecule has 0 aliphatic carbocycles. The number of carboxylic acid groups (broad SMARTS) is 1. The number of halogens is 1. The molecule has 0 bridgehead atoms. The minimum Gasteiger partial charge on any atom is -0.481 e. The van der Waals surface area contributed by atoms with Gasteiger partial charge in [0, 0.05) is 9.35 Å². The maximum Gasteiger partial charge on any atom is 0.315 e. The van der Waals surface area contributed by atoms with E-state index in [0.29, 0.717) is 6.54 Å². The third-order valence-electron chi connectivity index (χ3n) is 1.88. The van der Waals surface area contributed by atoms with Gasteiger partial charge in [0.2, 0.25) is 5.91 Å². The molecule has 15 heavy (non-hydrogen) atoms. The van der Waals surface area contributed by atoms with E-state index in [2.05, 4.69) is 21.2 Å². The van der Waals surface area contributed by atoms with Gasteiger partial charge in [-0.25, -0.2) is 0 Å². The zero-order valence-electron chi connectivity index (χ0n) is 7.99. The lowest BCUT2D eigenvalue weighted by Crippen LogP contribution is -2.32. The Bertz CT molecular complexity index is 377. The highest BCUT2D eigenvalue weighted by atomic mass is 79.9. The predicted octanol–water partition coefficient (Wildman–Crippen LogP) is 1.85. The molecule has 0 aliphatic heterocycles. The molecule has 0 aromatic carbocycles. The molecule has 1 rings (SSSR count). The number of rotatable bonds is 4. The van der Waals surface area contributed by atoms with Crippen LogP contribution in [0.15, 0.2) is 15.9 Å². The van der Waals surface area contributed by atoms with Gasteiger partial charge in [0.15, 0.2) is 0 Å². The molecule has 0 spiro atoms. The number of nitrogens with one attached hydrogen (secondary N) is 1. The van der Waals surface area contributed by atoms with Gasteiger partial charge in [0.1, 0.15) is 5.92 Å². The summed E-state index contributed by atoms with van der Waals surface area (Å²) in [5, 5.41) is 13.1. The first-order valence-corrected chi connectivity index (χ1v) is 5.92. The van der Waals surface area contributed by atoms with Gasteiger partial charge in [-0.1, -0.05) is 0 Å². The van der Waals surface area contributed by atoms with Crippen molar-refractivity contribution in [2.24, 2.45) is 5.92 Å². The summed E-state index contributed by atoms with van der Waals surface area (Å²) < 4.78 is 0.927. The average molecular weight is 292 g/mol. The van der Waals surface area contributed by atoms with Gasteiger partial charge in [-0.15, -0.1) is 11.3 Å². The quantitative estimate of drug-likeness (QED) is 0.832. The van der Waals surface area contributed by atoms with Crippen molar-refractivity contribution in [3.05, 3.63) is 20.8 Å². The van der Waals surface area contributed by atoms with E-state index in [1.807, 2.05) is 11.4 Å². The van der Waals surface area contributed by atoms with Crippen LogP contribution in [0.25, 0.3) is 0 Å². The van der Waals surface area contributed by atoms with Gasteiger partial charge in [-0.3, -0.25) is 9.59 Å². The first-order chi connectivity index (χ1) is 7.02. The van der Waals surface area contributed by atoms with Gasteiger partial charge in [0.05, 0.1) is 6.54 Å². The van der Waals surface area contributed by atoms with Crippen LogP contribution in [-0.4, -0.2) is 17.0 Å². The van der Waals surface area contributed by atoms with Gasteiger partial charge in [-0.2, -0.15) is 0 Å². The second-order valence-corrected chi connectivity index (χ2v) is 4.82. The van der Waals surface area contributed by atoms with Gasteiger partial charge in [-0.05, 0) is 34.3 Å². The number of carbonyl (C=O) groups is 2. The molecule has 1 aromatic heterocycles. The largest absolute Gasteiger partial charge is 0.481 e. The molecule has 0 radical (unpaired) electrons. The third kappa shape index (κ3) is 3.32. The summed E-state index contributed by atoms with van der Waals surface area (Å²) in [6.45, 7) is 1.72. The topological polar surface area (TPSA) is 66.4 Å². The molecule has 0 fully saturated rings. The average Bonchev–Trinajstić information content (AvgIpc) is 2.59. The van der Waals surface area contributed by atoms with Crippen LogP contribution in [0.4, 0.5) is 0 Å². The van der Waals surface area contributed by atoms with E-state index in [0.717, 1.165) is 9.35 Å². The molecular formula is C9H10BrNO3S. The van der Waals surface area contributed by atoms with Crippen molar-refractivity contribution in [1.82, 2.24) is 5.32 Å². The van der Waals surface area contributed by atoms with Crippen LogP contribution in [0.1, 0.15) is 11.8 Å². The number of carbonyl (C=O) groups excluding carboxylic acids is 1. The van der Waals surface area contributed by atoms with Crippen LogP contribution >= 0.6 is 27.3 Å². The van der Waals surface area contributed by atoms with Crippen molar-refractivity contribution in [1.29, 1.82) is 0 Å². The molecule has 1 atom stereocenters. The Kier molecular flexibility index (Phi) is 4.28. The summed E-state index contributed by atoms with van der Waals surface area (Å²) in [5.41, 5.74) is 0. The fourth-order valence-electron chi connectivity index (χ4n) is 0.884. The molecule has 82 valence electrons. The van der Waals surface area contributed by atoms with Gasteiger partial charge >= 0.3 is 5.97 Å². The minimum absolute atomic E-state index is 0.356. The number of thiophene rings is 1. The second-order valence-electron chi connectivity index (χ2n) is 2.97. The first-order valence-electron chi connectivity index (χ1n) is 4.24. The lowest BCUT2D eigenvalue weighted by Gasteiger charge is -2.07. The van der Waals surface area contributed by atoms with E-state index < -0.39 is 17.8 Å². The zero-order chi connectivity index (χ0) is 11.4. The molecule has 1 heterocycles. The summed E-state index contributed by atoms with van der Waals surface area (Å²) in [7, 11) is 0. The van der Waals surface area contributed by atoms with Crippen molar-refractivity contribution in [3.8, 4) is 0 Å². The fourth-order valence-corrected chi connectivity index (χ4v) is 2.32. The van der Waals surface area contributed by atoms with Crippen molar-refractivity contribution in [3.63, 3.8) is 0 Å². The molecule has 1 aromatic rings. The van der Waals surface area contributed by atoms with E-state index in [1.165, 1.54) is 18.3 Å². The molecule has 2 N–H and O–H groups in total. The van der Waals surface area contributed by atoms with Crippen molar-refractivity contribution < 1.29 is 14.7 Å². The standard InChI is InChI=1S/C9H10BrNO3S/c1-5(9(13)14)8(12)11-4-7-6(10)2-3-15-7/h2-3,5H,4H2,1H3,(H,11,12)(H,13,14). The normalized spacial score (nSPS) is 12.1. The summed E-state index contributed by atoms with van der Waals surface area (Å²) in [6.07, 6.45) is 0. The van der Waals surface area contributed by atoms with Crippen molar-refractivity contribution >= 4 is 39.1 Å². The highest BCUT2D eigenvalue weighted by Gasteiger charge is 2.20. The molecule has 4 nitrogen and oxygen atoms in total. The molecule has 0 saturated heterocycles. The molecule has 1 amide bonds. The monoisotopic (exact) mass is 291 g/mol. The summed E-state index contributed by atoms with van der Waals surface area (Å²) in [5.74, 6) is -2.59. The van der Waals surface area contributed by atoms with Crippen LogP contribution in [0, 0.1) is 5.92 Å². The van der Waals surface area contributed by atoms with E-state index in [-0.39, 0.29) is 0 Å². The number of aliphatic carboxylic acids is 1. The number of carboxylic acids is 1. The Morgan fingerprint density at radius 3 is 2.80 bits per heavy atom. The summed E-state index contributed by atoms with van der Waals surface area (Å²) >= 11 is 4.83. The lowest BCUT2D eigenvalue weighted by atomic mass is 10.2. The van der Waals surface area contributed by atoms with Crippen LogP contribution < -0.4 is 5.32 Å². The van der Waals surface area contributed by atoms with Crippen LogP contribution in [0.5, 0.6) is 0 Å². The fraction of sp³-hybridized carbons (Fsp3) is 0.333. The number of amides is 1. The van der Waals surface area contributed by atoms with E-state index in [4.69, 9.17) is 5.11 Å². The van der Waals surface area contributed by atoms with Crippen molar-refractivity contribution in [2.45, 2.75) is 13.5 Å². The molecule has 0 saturated carbocycles. The SMILES string of the molecule is CC(C(=O)O)C(=O)NCc1sccc1Br. The van der Waals surface area contributed by atoms with Crippen LogP contribution in [0.3, 0.4) is 0 Å². The van der Waals surface area contributed by atoms with Crippen molar-refractivity contribution in [2.75, 3.05) is 0 Å². The zero-order valence-corrected chi connectivity index (χ0v) is 10.4. The van der Waals surface area contributed by atoms with Gasteiger partial charge in [0.25, 0.3) is 0 Å². The molecule has 1 unspecified atom stereocenters. The third-order valence-corrected chi connectivity index (χ3v) is 3.80. The molecule has 6 heteroatoms. The van der Waals surface area contributed by atoms with E-state index in [1.54, 1.807) is 0 Å². The van der Waals surface area contributed by atoms with E-state index >= 15 is 0 Å². The smallest absolute Gasteiger partial charge is 0.315 e. The van der Waals surface area contributed by atoms with Crippen LogP contribution in [0.2, 0.25) is 0 Å². The Morgan fingerprint density at radius 2 is 2.33 bits per heavy atom. The van der Waals surface area contributed by atoms with E-state index in [9.17, 15) is 9.59 Å². The summed E-state index contributed by atoms with van der Waals surface area (Å²) in [6, 6.07) is 1.88. The first kappa shape index (κ1) is 12.2. The summed E-state index contributed by atoms with van der Waals surface area (Å²) in [4.78, 5) is 22.8. The Labute approximate surface area is 99.4 Å². The highest BCUT2D eigenvalue weighted by Crippen LogP contribution is 2.22. The molecule has 0 aliphatic rings. The molecular weight excluding hydrogens is 282 g/mol. The predicted molar refractivity (Wildman–Crippen MR) is 60.7 cm³/mol. The maximum absolute atomic E-state index is 11.3. The lowest BCUT2D eigenvalue weighted by molar-refractivity contribution is -0.146. The Hall–Kier alpha value is -0.880. The Morgan fingerprint density at radius 1 is 1.67 bits per heavy atom. The number of hydrogen-bond acceptors (Lipinski definition) is 3. The maximum atomic E-state index is 11.3. The number of hydrogen-bond donors (Lipinski definition) is 2. The van der Waals surface area contributed by atoms with Gasteiger partial charge < -0.3 is 10.4 Å². The minimum atomic E-state index is -1.11.